The first kappa shape index (κ1) is 17.0. The van der Waals surface area contributed by atoms with Crippen molar-refractivity contribution in [1.82, 2.24) is 9.55 Å². The fraction of sp³-hybridized carbons (Fsp3) is 0.211. The molecule has 1 aliphatic heterocycles. The topological polar surface area (TPSA) is 113 Å². The minimum atomic E-state index is -0.657. The van der Waals surface area contributed by atoms with Crippen molar-refractivity contribution >= 4 is 22.5 Å². The zero-order valence-corrected chi connectivity index (χ0v) is 14.3. The smallest absolute Gasteiger partial charge is 0.329 e. The average Bonchev–Trinajstić information content (AvgIpc) is 2.66. The van der Waals surface area contributed by atoms with E-state index < -0.39 is 29.8 Å². The number of carbonyl (C=O) groups is 1. The van der Waals surface area contributed by atoms with Crippen molar-refractivity contribution in [2.75, 3.05) is 11.9 Å². The molecule has 3 N–H and O–H groups in total. The molecule has 0 bridgehead atoms. The Morgan fingerprint density at radius 2 is 2.04 bits per heavy atom. The molecule has 4 rings (SSSR count). The number of carbonyl (C=O) groups excluding carboxylic acids is 1. The van der Waals surface area contributed by atoms with Crippen molar-refractivity contribution in [2.45, 2.75) is 19.1 Å². The van der Waals surface area contributed by atoms with Crippen LogP contribution in [0.15, 0.2) is 52.1 Å². The number of anilines is 1. The molecule has 0 saturated carbocycles. The predicted molar refractivity (Wildman–Crippen MR) is 99.0 cm³/mol. The molecule has 2 aromatic carbocycles. The normalized spacial score (nSPS) is 15.8. The molecule has 1 amide bonds. The van der Waals surface area contributed by atoms with Crippen molar-refractivity contribution < 1.29 is 14.6 Å². The lowest BCUT2D eigenvalue weighted by molar-refractivity contribution is -0.116. The van der Waals surface area contributed by atoms with Gasteiger partial charge in [0.25, 0.3) is 5.56 Å². The summed E-state index contributed by atoms with van der Waals surface area (Å²) in [6, 6.07) is 11.7. The standard InChI is InChI=1S/C19H17N3O5/c23-15-8-9-27-17-12(15)5-3-7-14(17)20-16(24)10-22-18(25)11-4-1-2-6-13(11)21-19(22)26/h1-7,15,23H,8-10H2,(H,20,24)(H,21,26)/t15-/m0/s1. The molecule has 8 nitrogen and oxygen atoms in total. The van der Waals surface area contributed by atoms with Crippen LogP contribution in [0.25, 0.3) is 10.9 Å². The molecule has 3 aromatic rings. The number of para-hydroxylation sites is 2. The number of aromatic amines is 1. The largest absolute Gasteiger partial charge is 0.491 e. The lowest BCUT2D eigenvalue weighted by Crippen LogP contribution is -2.38. The van der Waals surface area contributed by atoms with Crippen LogP contribution in [0.1, 0.15) is 18.1 Å². The molecule has 0 aliphatic carbocycles. The maximum absolute atomic E-state index is 12.5. The molecular formula is C19H17N3O5. The number of aliphatic hydroxyl groups is 1. The van der Waals surface area contributed by atoms with Crippen molar-refractivity contribution in [1.29, 1.82) is 0 Å². The van der Waals surface area contributed by atoms with Crippen LogP contribution in [-0.4, -0.2) is 27.2 Å². The highest BCUT2D eigenvalue weighted by atomic mass is 16.5. The number of aromatic nitrogens is 2. The van der Waals surface area contributed by atoms with Gasteiger partial charge in [-0.1, -0.05) is 24.3 Å². The quantitative estimate of drug-likeness (QED) is 0.643. The molecule has 138 valence electrons. The van der Waals surface area contributed by atoms with E-state index in [9.17, 15) is 19.5 Å². The summed E-state index contributed by atoms with van der Waals surface area (Å²) in [7, 11) is 0. The number of nitrogens with one attached hydrogen (secondary N) is 2. The second-order valence-electron chi connectivity index (χ2n) is 6.29. The van der Waals surface area contributed by atoms with Crippen molar-refractivity contribution in [3.8, 4) is 5.75 Å². The minimum absolute atomic E-state index is 0.327. The number of fused-ring (bicyclic) bond motifs is 2. The maximum atomic E-state index is 12.5. The molecule has 1 atom stereocenters. The van der Waals surface area contributed by atoms with Gasteiger partial charge in [-0.15, -0.1) is 0 Å². The summed E-state index contributed by atoms with van der Waals surface area (Å²) in [5.41, 5.74) is 0.215. The summed E-state index contributed by atoms with van der Waals surface area (Å²) in [4.78, 5) is 39.7. The SMILES string of the molecule is O=C(Cn1c(=O)[nH]c2ccccc2c1=O)Nc1cccc2c1OCC[C@@H]2O. The third kappa shape index (κ3) is 3.11. The van der Waals surface area contributed by atoms with Gasteiger partial charge < -0.3 is 20.1 Å². The number of amides is 1. The molecule has 1 aromatic heterocycles. The zero-order valence-electron chi connectivity index (χ0n) is 14.3. The molecule has 8 heteroatoms. The van der Waals surface area contributed by atoms with Gasteiger partial charge in [-0.3, -0.25) is 14.2 Å². The van der Waals surface area contributed by atoms with E-state index in [0.717, 1.165) is 4.57 Å². The van der Waals surface area contributed by atoms with E-state index in [1.807, 2.05) is 0 Å². The molecule has 2 heterocycles. The first-order chi connectivity index (χ1) is 13.0. The van der Waals surface area contributed by atoms with Gasteiger partial charge in [0.1, 0.15) is 12.3 Å². The van der Waals surface area contributed by atoms with Crippen molar-refractivity contribution in [3.05, 3.63) is 68.9 Å². The van der Waals surface area contributed by atoms with Gasteiger partial charge in [0.2, 0.25) is 5.91 Å². The number of benzene rings is 2. The average molecular weight is 367 g/mol. The van der Waals surface area contributed by atoms with Crippen LogP contribution >= 0.6 is 0 Å². The summed E-state index contributed by atoms with van der Waals surface area (Å²) in [5, 5.41) is 13.0. The minimum Gasteiger partial charge on any atom is -0.491 e. The highest BCUT2D eigenvalue weighted by Gasteiger charge is 2.22. The van der Waals surface area contributed by atoms with Crippen LogP contribution in [-0.2, 0) is 11.3 Å². The van der Waals surface area contributed by atoms with Crippen LogP contribution in [0, 0.1) is 0 Å². The summed E-state index contributed by atoms with van der Waals surface area (Å²) in [6.45, 7) is -0.101. The fourth-order valence-electron chi connectivity index (χ4n) is 3.18. The van der Waals surface area contributed by atoms with E-state index in [0.29, 0.717) is 40.9 Å². The van der Waals surface area contributed by atoms with Crippen molar-refractivity contribution in [3.63, 3.8) is 0 Å². The fourth-order valence-corrected chi connectivity index (χ4v) is 3.18. The number of H-pyrrole nitrogens is 1. The lowest BCUT2D eigenvalue weighted by Gasteiger charge is -2.24. The Balaban J connectivity index is 1.63. The van der Waals surface area contributed by atoms with E-state index in [2.05, 4.69) is 10.3 Å². The van der Waals surface area contributed by atoms with Crippen LogP contribution < -0.4 is 21.3 Å². The summed E-state index contributed by atoms with van der Waals surface area (Å²) in [6.07, 6.45) is -0.178. The first-order valence-corrected chi connectivity index (χ1v) is 8.50. The first-order valence-electron chi connectivity index (χ1n) is 8.50. The molecule has 0 unspecified atom stereocenters. The van der Waals surface area contributed by atoms with Gasteiger partial charge in [0, 0.05) is 12.0 Å². The van der Waals surface area contributed by atoms with E-state index in [-0.39, 0.29) is 0 Å². The van der Waals surface area contributed by atoms with E-state index >= 15 is 0 Å². The van der Waals surface area contributed by atoms with Crippen molar-refractivity contribution in [2.24, 2.45) is 0 Å². The van der Waals surface area contributed by atoms with Gasteiger partial charge in [0.15, 0.2) is 0 Å². The molecular weight excluding hydrogens is 350 g/mol. The van der Waals surface area contributed by atoms with E-state index in [1.54, 1.807) is 42.5 Å². The third-order valence-electron chi connectivity index (χ3n) is 4.51. The lowest BCUT2D eigenvalue weighted by atomic mass is 10.0. The Morgan fingerprint density at radius 3 is 2.89 bits per heavy atom. The Kier molecular flexibility index (Phi) is 4.25. The van der Waals surface area contributed by atoms with Gasteiger partial charge in [0.05, 0.1) is 29.3 Å². The number of hydrogen-bond donors (Lipinski definition) is 3. The Hall–Kier alpha value is -3.39. The van der Waals surface area contributed by atoms with Gasteiger partial charge in [-0.25, -0.2) is 4.79 Å². The molecule has 0 spiro atoms. The van der Waals surface area contributed by atoms with Crippen LogP contribution in [0.3, 0.4) is 0 Å². The number of nitrogens with zero attached hydrogens (tertiary/aromatic N) is 1. The van der Waals surface area contributed by atoms with E-state index in [4.69, 9.17) is 4.74 Å². The molecule has 0 saturated heterocycles. The Bertz CT molecular complexity index is 1150. The van der Waals surface area contributed by atoms with E-state index in [1.165, 1.54) is 0 Å². The molecule has 27 heavy (non-hydrogen) atoms. The maximum Gasteiger partial charge on any atom is 0.329 e. The highest BCUT2D eigenvalue weighted by Crippen LogP contribution is 2.37. The Morgan fingerprint density at radius 1 is 1.22 bits per heavy atom. The second-order valence-corrected chi connectivity index (χ2v) is 6.29. The number of ether oxygens (including phenoxy) is 1. The van der Waals surface area contributed by atoms with Gasteiger partial charge >= 0.3 is 5.69 Å². The molecule has 1 aliphatic rings. The molecule has 0 fully saturated rings. The van der Waals surface area contributed by atoms with Crippen LogP contribution in [0.4, 0.5) is 5.69 Å². The number of rotatable bonds is 3. The zero-order chi connectivity index (χ0) is 19.0. The second kappa shape index (κ2) is 6.73. The highest BCUT2D eigenvalue weighted by molar-refractivity contribution is 5.92. The van der Waals surface area contributed by atoms with Gasteiger partial charge in [-0.2, -0.15) is 0 Å². The third-order valence-corrected chi connectivity index (χ3v) is 4.51. The van der Waals surface area contributed by atoms with Crippen LogP contribution in [0.2, 0.25) is 0 Å². The Labute approximate surface area is 153 Å². The monoisotopic (exact) mass is 367 g/mol. The van der Waals surface area contributed by atoms with Crippen LogP contribution in [0.5, 0.6) is 5.75 Å². The summed E-state index contributed by atoms with van der Waals surface area (Å²) >= 11 is 0. The predicted octanol–water partition coefficient (Wildman–Crippen LogP) is 1.14. The summed E-state index contributed by atoms with van der Waals surface area (Å²) in [5.74, 6) is -0.140. The number of aliphatic hydroxyl groups excluding tert-OH is 1. The molecule has 0 radical (unpaired) electrons. The van der Waals surface area contributed by atoms with Gasteiger partial charge in [-0.05, 0) is 18.2 Å². The summed E-state index contributed by atoms with van der Waals surface area (Å²) < 4.78 is 6.42. The number of hydrogen-bond acceptors (Lipinski definition) is 5.